The number of nitrogens with zero attached hydrogens (tertiary/aromatic N) is 1. The van der Waals surface area contributed by atoms with Gasteiger partial charge in [-0.05, 0) is 12.8 Å². The van der Waals surface area contributed by atoms with Crippen molar-refractivity contribution in [3.63, 3.8) is 0 Å². The maximum Gasteiger partial charge on any atom is 0.472 e. The van der Waals surface area contributed by atoms with Crippen LogP contribution in [0.15, 0.2) is 0 Å². The summed E-state index contributed by atoms with van der Waals surface area (Å²) in [5.41, 5.74) is 0. The first-order valence-corrected chi connectivity index (χ1v) is 22.3. The van der Waals surface area contributed by atoms with Gasteiger partial charge in [-0.1, -0.05) is 174 Å². The molecule has 9 heteroatoms. The molecule has 2 atom stereocenters. The Labute approximate surface area is 304 Å². The van der Waals surface area contributed by atoms with Crippen molar-refractivity contribution in [3.8, 4) is 0 Å². The number of likely N-dealkylation sites (N-methyl/N-ethyl adjacent to an activating group) is 1. The number of esters is 1. The van der Waals surface area contributed by atoms with Crippen LogP contribution in [0.1, 0.15) is 194 Å². The number of phosphoric acid groups is 1. The van der Waals surface area contributed by atoms with Crippen molar-refractivity contribution in [2.24, 2.45) is 0 Å². The Morgan fingerprint density at radius 1 is 0.551 bits per heavy atom. The highest BCUT2D eigenvalue weighted by Gasteiger charge is 2.26. The summed E-state index contributed by atoms with van der Waals surface area (Å²) in [5, 5.41) is 0. The molecule has 0 radical (unpaired) electrons. The Morgan fingerprint density at radius 3 is 1.35 bits per heavy atom. The van der Waals surface area contributed by atoms with Gasteiger partial charge in [0.05, 0.1) is 34.4 Å². The van der Waals surface area contributed by atoms with E-state index in [1.165, 1.54) is 141 Å². The minimum Gasteiger partial charge on any atom is -0.457 e. The molecule has 0 rings (SSSR count). The molecule has 8 nitrogen and oxygen atoms in total. The molecule has 0 saturated heterocycles. The van der Waals surface area contributed by atoms with E-state index < -0.39 is 13.9 Å². The first-order valence-electron chi connectivity index (χ1n) is 20.8. The summed E-state index contributed by atoms with van der Waals surface area (Å²) >= 11 is 0. The number of unbranched alkanes of at least 4 members (excludes halogenated alkanes) is 25. The lowest BCUT2D eigenvalue weighted by Crippen LogP contribution is -2.37. The van der Waals surface area contributed by atoms with Crippen LogP contribution in [0, 0.1) is 0 Å². The monoisotopic (exact) mass is 721 g/mol. The van der Waals surface area contributed by atoms with Crippen molar-refractivity contribution < 1.29 is 37.3 Å². The molecule has 0 bridgehead atoms. The third-order valence-corrected chi connectivity index (χ3v) is 10.2. The third-order valence-electron chi connectivity index (χ3n) is 9.17. The van der Waals surface area contributed by atoms with Gasteiger partial charge in [0, 0.05) is 13.0 Å². The molecular formula is C40H83NO7P+. The normalized spacial score (nSPS) is 13.8. The largest absolute Gasteiger partial charge is 0.472 e. The highest BCUT2D eigenvalue weighted by atomic mass is 31.2. The zero-order valence-corrected chi connectivity index (χ0v) is 34.1. The van der Waals surface area contributed by atoms with Crippen LogP contribution in [-0.2, 0) is 27.9 Å². The zero-order valence-electron chi connectivity index (χ0n) is 33.2. The summed E-state index contributed by atoms with van der Waals surface area (Å²) in [4.78, 5) is 22.8. The Hall–Kier alpha value is -0.500. The molecule has 0 amide bonds. The molecule has 0 aliphatic heterocycles. The van der Waals surface area contributed by atoms with E-state index in [-0.39, 0.29) is 25.8 Å². The Morgan fingerprint density at radius 2 is 0.939 bits per heavy atom. The molecule has 0 saturated carbocycles. The first-order chi connectivity index (χ1) is 23.6. The first kappa shape index (κ1) is 48.5. The molecule has 0 aliphatic carbocycles. The SMILES string of the molecule is CCCCCCCCCCCCCCCCOCC(COP(=O)(O)OCC[N+](C)(C)C)OC(=O)CCCCCCCCCCCCCCC. The summed E-state index contributed by atoms with van der Waals surface area (Å²) in [6.07, 6.45) is 34.0. The number of hydrogen-bond donors (Lipinski definition) is 1. The quantitative estimate of drug-likeness (QED) is 0.0292. The van der Waals surface area contributed by atoms with Gasteiger partial charge in [0.2, 0.25) is 0 Å². The minimum atomic E-state index is -4.26. The van der Waals surface area contributed by atoms with Crippen molar-refractivity contribution >= 4 is 13.8 Å². The van der Waals surface area contributed by atoms with Crippen molar-refractivity contribution in [1.29, 1.82) is 0 Å². The summed E-state index contributed by atoms with van der Waals surface area (Å²) in [5.74, 6) is -0.310. The summed E-state index contributed by atoms with van der Waals surface area (Å²) in [7, 11) is 1.68. The molecule has 1 N–H and O–H groups in total. The Balaban J connectivity index is 4.22. The van der Waals surface area contributed by atoms with Crippen molar-refractivity contribution in [1.82, 2.24) is 0 Å². The smallest absolute Gasteiger partial charge is 0.457 e. The lowest BCUT2D eigenvalue weighted by Gasteiger charge is -2.24. The number of carbonyl (C=O) groups is 1. The van der Waals surface area contributed by atoms with Crippen molar-refractivity contribution in [2.75, 3.05) is 54.1 Å². The van der Waals surface area contributed by atoms with E-state index in [9.17, 15) is 14.3 Å². The van der Waals surface area contributed by atoms with Crippen LogP contribution in [0.2, 0.25) is 0 Å². The van der Waals surface area contributed by atoms with Gasteiger partial charge in [-0.2, -0.15) is 0 Å². The van der Waals surface area contributed by atoms with Crippen LogP contribution in [0.5, 0.6) is 0 Å². The third kappa shape index (κ3) is 38.6. The summed E-state index contributed by atoms with van der Waals surface area (Å²) in [6, 6.07) is 0. The average molecular weight is 721 g/mol. The molecule has 0 aliphatic rings. The highest BCUT2D eigenvalue weighted by molar-refractivity contribution is 7.47. The molecule has 2 unspecified atom stereocenters. The van der Waals surface area contributed by atoms with Crippen LogP contribution in [0.4, 0.5) is 0 Å². The topological polar surface area (TPSA) is 91.3 Å². The zero-order chi connectivity index (χ0) is 36.3. The number of phosphoric ester groups is 1. The van der Waals surface area contributed by atoms with E-state index in [0.29, 0.717) is 24.1 Å². The molecule has 49 heavy (non-hydrogen) atoms. The maximum atomic E-state index is 12.6. The van der Waals surface area contributed by atoms with E-state index in [1.54, 1.807) is 0 Å². The number of rotatable bonds is 39. The van der Waals surface area contributed by atoms with Crippen LogP contribution < -0.4 is 0 Å². The fourth-order valence-corrected chi connectivity index (χ4v) is 6.65. The van der Waals surface area contributed by atoms with Crippen LogP contribution in [0.25, 0.3) is 0 Å². The number of ether oxygens (including phenoxy) is 2. The average Bonchev–Trinajstić information content (AvgIpc) is 3.04. The lowest BCUT2D eigenvalue weighted by molar-refractivity contribution is -0.870. The lowest BCUT2D eigenvalue weighted by atomic mass is 10.0. The van der Waals surface area contributed by atoms with Crippen LogP contribution >= 0.6 is 7.82 Å². The Kier molecular flexibility index (Phi) is 34.2. The van der Waals surface area contributed by atoms with E-state index in [2.05, 4.69) is 13.8 Å². The fraction of sp³-hybridized carbons (Fsp3) is 0.975. The van der Waals surface area contributed by atoms with Gasteiger partial charge < -0.3 is 18.9 Å². The summed E-state index contributed by atoms with van der Waals surface area (Å²) in [6.45, 7) is 5.66. The second-order valence-electron chi connectivity index (χ2n) is 15.4. The maximum absolute atomic E-state index is 12.6. The van der Waals surface area contributed by atoms with Crippen molar-refractivity contribution in [2.45, 2.75) is 200 Å². The van der Waals surface area contributed by atoms with Gasteiger partial charge in [0.1, 0.15) is 19.3 Å². The molecule has 0 aromatic rings. The minimum absolute atomic E-state index is 0.0937. The van der Waals surface area contributed by atoms with Crippen LogP contribution in [0.3, 0.4) is 0 Å². The van der Waals surface area contributed by atoms with Crippen LogP contribution in [-0.4, -0.2) is 75.6 Å². The predicted molar refractivity (Wildman–Crippen MR) is 206 cm³/mol. The highest BCUT2D eigenvalue weighted by Crippen LogP contribution is 2.43. The van der Waals surface area contributed by atoms with E-state index in [4.69, 9.17) is 18.5 Å². The number of quaternary nitrogens is 1. The Bertz CT molecular complexity index is 761. The predicted octanol–water partition coefficient (Wildman–Crippen LogP) is 11.7. The molecule has 0 fully saturated rings. The van der Waals surface area contributed by atoms with Gasteiger partial charge in [0.15, 0.2) is 0 Å². The fourth-order valence-electron chi connectivity index (χ4n) is 5.91. The summed E-state index contributed by atoms with van der Waals surface area (Å²) < 4.78 is 34.9. The molecule has 0 heterocycles. The van der Waals surface area contributed by atoms with Gasteiger partial charge in [-0.15, -0.1) is 0 Å². The number of carbonyl (C=O) groups excluding carboxylic acids is 1. The van der Waals surface area contributed by atoms with Gasteiger partial charge in [-0.3, -0.25) is 13.8 Å². The van der Waals surface area contributed by atoms with Gasteiger partial charge in [-0.25, -0.2) is 4.57 Å². The van der Waals surface area contributed by atoms with E-state index in [1.807, 2.05) is 21.1 Å². The van der Waals surface area contributed by atoms with Gasteiger partial charge in [0.25, 0.3) is 0 Å². The number of hydrogen-bond acceptors (Lipinski definition) is 6. The molecule has 294 valence electrons. The molecular weight excluding hydrogens is 637 g/mol. The standard InChI is InChI=1S/C40H82NO7P/c1-6-8-10-12-14-16-18-20-22-24-26-28-30-32-35-45-37-39(38-47-49(43,44)46-36-34-41(3,4)5)48-40(42)33-31-29-27-25-23-21-19-17-15-13-11-9-7-2/h39H,6-38H2,1-5H3/p+1. The van der Waals surface area contributed by atoms with Gasteiger partial charge >= 0.3 is 13.8 Å². The van der Waals surface area contributed by atoms with Crippen molar-refractivity contribution in [3.05, 3.63) is 0 Å². The molecule has 0 aromatic heterocycles. The molecule has 0 aromatic carbocycles. The second-order valence-corrected chi connectivity index (χ2v) is 16.8. The van der Waals surface area contributed by atoms with E-state index >= 15 is 0 Å². The van der Waals surface area contributed by atoms with E-state index in [0.717, 1.165) is 32.1 Å². The molecule has 0 spiro atoms. The second kappa shape index (κ2) is 34.6.